The van der Waals surface area contributed by atoms with Crippen LogP contribution in [0.3, 0.4) is 0 Å². The molecule has 0 aromatic heterocycles. The normalized spacial score (nSPS) is 15.8. The molecule has 1 aromatic rings. The Hall–Kier alpha value is -0.550. The number of benzene rings is 1. The van der Waals surface area contributed by atoms with Crippen molar-refractivity contribution in [2.45, 2.75) is 0 Å². The van der Waals surface area contributed by atoms with Crippen LogP contribution in [0.15, 0.2) is 18.2 Å². The number of thiocarbonyl (C=S) groups is 1. The van der Waals surface area contributed by atoms with Gasteiger partial charge in [-0.3, -0.25) is 0 Å². The van der Waals surface area contributed by atoms with E-state index in [1.807, 2.05) is 4.90 Å². The zero-order valence-corrected chi connectivity index (χ0v) is 11.3. The van der Waals surface area contributed by atoms with Crippen LogP contribution in [0, 0.1) is 0 Å². The second-order valence-electron chi connectivity index (χ2n) is 3.54. The van der Waals surface area contributed by atoms with Crippen molar-refractivity contribution in [3.05, 3.63) is 28.2 Å². The molecule has 0 aliphatic carbocycles. The van der Waals surface area contributed by atoms with Crippen LogP contribution >= 0.6 is 35.4 Å². The average Bonchev–Trinajstić information content (AvgIpc) is 2.34. The first-order valence-corrected chi connectivity index (χ1v) is 6.33. The average molecular weight is 292 g/mol. The zero-order valence-electron chi connectivity index (χ0n) is 8.99. The van der Waals surface area contributed by atoms with Crippen LogP contribution in [-0.2, 0) is 4.74 Å². The maximum Gasteiger partial charge on any atom is 0.265 e. The van der Waals surface area contributed by atoms with Gasteiger partial charge in [0.2, 0.25) is 0 Å². The van der Waals surface area contributed by atoms with Gasteiger partial charge in [-0.15, -0.1) is 0 Å². The molecule has 17 heavy (non-hydrogen) atoms. The van der Waals surface area contributed by atoms with Gasteiger partial charge in [0.15, 0.2) is 0 Å². The third kappa shape index (κ3) is 3.45. The summed E-state index contributed by atoms with van der Waals surface area (Å²) in [5, 5.41) is 1.44. The van der Waals surface area contributed by atoms with Gasteiger partial charge < -0.3 is 14.4 Å². The molecular weight excluding hydrogens is 281 g/mol. The van der Waals surface area contributed by atoms with Crippen molar-refractivity contribution in [3.8, 4) is 5.75 Å². The van der Waals surface area contributed by atoms with Gasteiger partial charge in [-0.25, -0.2) is 0 Å². The summed E-state index contributed by atoms with van der Waals surface area (Å²) in [7, 11) is 0. The third-order valence-electron chi connectivity index (χ3n) is 2.36. The highest BCUT2D eigenvalue weighted by molar-refractivity contribution is 7.80. The number of nitrogens with zero attached hydrogens (tertiary/aromatic N) is 1. The number of hydrogen-bond donors (Lipinski definition) is 0. The highest BCUT2D eigenvalue weighted by Crippen LogP contribution is 2.28. The smallest absolute Gasteiger partial charge is 0.265 e. The van der Waals surface area contributed by atoms with Gasteiger partial charge in [0.05, 0.1) is 18.2 Å². The molecule has 6 heteroatoms. The molecule has 0 saturated carbocycles. The minimum Gasteiger partial charge on any atom is -0.430 e. The molecule has 0 radical (unpaired) electrons. The summed E-state index contributed by atoms with van der Waals surface area (Å²) in [6, 6.07) is 5.04. The van der Waals surface area contributed by atoms with Gasteiger partial charge in [-0.1, -0.05) is 23.2 Å². The molecule has 1 fully saturated rings. The van der Waals surface area contributed by atoms with Crippen molar-refractivity contribution in [2.24, 2.45) is 0 Å². The van der Waals surface area contributed by atoms with Crippen LogP contribution in [0.25, 0.3) is 0 Å². The molecule has 0 N–H and O–H groups in total. The number of rotatable bonds is 1. The summed E-state index contributed by atoms with van der Waals surface area (Å²) < 4.78 is 10.8. The first kappa shape index (κ1) is 12.9. The third-order valence-corrected chi connectivity index (χ3v) is 3.23. The molecule has 3 nitrogen and oxygen atoms in total. The molecule has 0 unspecified atom stereocenters. The number of ether oxygens (including phenoxy) is 2. The van der Waals surface area contributed by atoms with Gasteiger partial charge in [0.1, 0.15) is 5.75 Å². The van der Waals surface area contributed by atoms with Crippen molar-refractivity contribution >= 4 is 40.6 Å². The van der Waals surface area contributed by atoms with E-state index in [1.165, 1.54) is 0 Å². The van der Waals surface area contributed by atoms with Crippen molar-refractivity contribution < 1.29 is 9.47 Å². The van der Waals surface area contributed by atoms with E-state index >= 15 is 0 Å². The topological polar surface area (TPSA) is 21.7 Å². The van der Waals surface area contributed by atoms with E-state index in [-0.39, 0.29) is 0 Å². The fourth-order valence-corrected chi connectivity index (χ4v) is 2.18. The van der Waals surface area contributed by atoms with Crippen molar-refractivity contribution in [3.63, 3.8) is 0 Å². The van der Waals surface area contributed by atoms with Crippen LogP contribution < -0.4 is 4.74 Å². The molecule has 0 amide bonds. The summed E-state index contributed by atoms with van der Waals surface area (Å²) in [6.45, 7) is 2.81. The lowest BCUT2D eigenvalue weighted by Gasteiger charge is -2.28. The maximum atomic E-state index is 6.00. The molecular formula is C11H11Cl2NO2S. The molecule has 0 atom stereocenters. The summed E-state index contributed by atoms with van der Waals surface area (Å²) in [5.74, 6) is 0.521. The molecule has 1 aliphatic rings. The lowest BCUT2D eigenvalue weighted by atomic mass is 10.3. The van der Waals surface area contributed by atoms with Crippen LogP contribution in [-0.4, -0.2) is 36.4 Å². The predicted octanol–water partition coefficient (Wildman–Crippen LogP) is 2.99. The second-order valence-corrected chi connectivity index (χ2v) is 4.74. The van der Waals surface area contributed by atoms with Crippen LogP contribution in [0.4, 0.5) is 0 Å². The van der Waals surface area contributed by atoms with E-state index in [9.17, 15) is 0 Å². The van der Waals surface area contributed by atoms with E-state index < -0.39 is 0 Å². The number of hydrogen-bond acceptors (Lipinski definition) is 3. The fraction of sp³-hybridized carbons (Fsp3) is 0.364. The molecule has 0 spiro atoms. The largest absolute Gasteiger partial charge is 0.430 e. The van der Waals surface area contributed by atoms with Crippen molar-refractivity contribution in [1.82, 2.24) is 4.90 Å². The highest BCUT2D eigenvalue weighted by Gasteiger charge is 2.16. The minimum absolute atomic E-state index is 0.414. The van der Waals surface area contributed by atoms with Crippen molar-refractivity contribution in [1.29, 1.82) is 0 Å². The summed E-state index contributed by atoms with van der Waals surface area (Å²) in [6.07, 6.45) is 0. The molecule has 92 valence electrons. The Bertz CT molecular complexity index is 422. The van der Waals surface area contributed by atoms with E-state index in [0.717, 1.165) is 13.1 Å². The second kappa shape index (κ2) is 5.87. The minimum atomic E-state index is 0.414. The lowest BCUT2D eigenvalue weighted by Crippen LogP contribution is -2.42. The monoisotopic (exact) mass is 291 g/mol. The molecule has 1 saturated heterocycles. The van der Waals surface area contributed by atoms with Gasteiger partial charge in [0.25, 0.3) is 5.17 Å². The van der Waals surface area contributed by atoms with Crippen LogP contribution in [0.1, 0.15) is 0 Å². The van der Waals surface area contributed by atoms with Gasteiger partial charge >= 0.3 is 0 Å². The summed E-state index contributed by atoms with van der Waals surface area (Å²) in [5.41, 5.74) is 0. The Morgan fingerprint density at radius 3 is 2.65 bits per heavy atom. The van der Waals surface area contributed by atoms with Crippen LogP contribution in [0.5, 0.6) is 5.75 Å². The van der Waals surface area contributed by atoms with Gasteiger partial charge in [-0.2, -0.15) is 0 Å². The molecule has 2 rings (SSSR count). The van der Waals surface area contributed by atoms with E-state index in [2.05, 4.69) is 0 Å². The molecule has 1 heterocycles. The number of morpholine rings is 1. The van der Waals surface area contributed by atoms with Gasteiger partial charge in [-0.05, 0) is 30.4 Å². The standard InChI is InChI=1S/C11H11Cl2NO2S/c12-8-1-2-10(9(13)7-8)16-11(17)14-3-5-15-6-4-14/h1-2,7H,3-6H2. The Morgan fingerprint density at radius 2 is 2.00 bits per heavy atom. The molecule has 0 bridgehead atoms. The molecule has 1 aliphatic heterocycles. The van der Waals surface area contributed by atoms with Crippen LogP contribution in [0.2, 0.25) is 10.0 Å². The highest BCUT2D eigenvalue weighted by atomic mass is 35.5. The Kier molecular flexibility index (Phi) is 4.45. The fourth-order valence-electron chi connectivity index (χ4n) is 1.46. The molecule has 1 aromatic carbocycles. The quantitative estimate of drug-likeness (QED) is 0.742. The predicted molar refractivity (Wildman–Crippen MR) is 72.1 cm³/mol. The number of halogens is 2. The maximum absolute atomic E-state index is 6.00. The van der Waals surface area contributed by atoms with E-state index in [0.29, 0.717) is 34.2 Å². The summed E-state index contributed by atoms with van der Waals surface area (Å²) in [4.78, 5) is 1.95. The zero-order chi connectivity index (χ0) is 12.3. The first-order valence-electron chi connectivity index (χ1n) is 5.16. The SMILES string of the molecule is S=C(Oc1ccc(Cl)cc1Cl)N1CCOCC1. The first-order chi connectivity index (χ1) is 8.16. The Labute approximate surface area is 115 Å². The summed E-state index contributed by atoms with van der Waals surface area (Å²) >= 11 is 17.0. The Balaban J connectivity index is 2.02. The van der Waals surface area contributed by atoms with E-state index in [1.54, 1.807) is 18.2 Å². The van der Waals surface area contributed by atoms with Gasteiger partial charge in [0, 0.05) is 18.1 Å². The Morgan fingerprint density at radius 1 is 1.29 bits per heavy atom. The van der Waals surface area contributed by atoms with Crippen molar-refractivity contribution in [2.75, 3.05) is 26.3 Å². The lowest BCUT2D eigenvalue weighted by molar-refractivity contribution is 0.0631. The van der Waals surface area contributed by atoms with E-state index in [4.69, 9.17) is 44.9 Å².